The third kappa shape index (κ3) is 5.23. The van der Waals surface area contributed by atoms with Gasteiger partial charge in [0.25, 0.3) is 0 Å². The van der Waals surface area contributed by atoms with Crippen molar-refractivity contribution in [2.24, 2.45) is 0 Å². The minimum absolute atomic E-state index is 0.108. The van der Waals surface area contributed by atoms with Crippen LogP contribution in [-0.4, -0.2) is 26.4 Å². The summed E-state index contributed by atoms with van der Waals surface area (Å²) >= 11 is 10.9. The van der Waals surface area contributed by atoms with Crippen molar-refractivity contribution in [2.75, 3.05) is 11.1 Å². The van der Waals surface area contributed by atoms with Gasteiger partial charge in [-0.25, -0.2) is 0 Å². The zero-order chi connectivity index (χ0) is 22.7. The molecule has 0 aliphatic rings. The van der Waals surface area contributed by atoms with E-state index in [2.05, 4.69) is 37.5 Å². The second-order valence-electron chi connectivity index (χ2n) is 7.29. The Hall–Kier alpha value is -2.61. The van der Waals surface area contributed by atoms with Gasteiger partial charge in [0.1, 0.15) is 0 Å². The number of rotatable bonds is 6. The van der Waals surface area contributed by atoms with Crippen molar-refractivity contribution < 1.29 is 4.79 Å². The van der Waals surface area contributed by atoms with Gasteiger partial charge in [0.2, 0.25) is 5.91 Å². The maximum atomic E-state index is 12.6. The second kappa shape index (κ2) is 9.90. The van der Waals surface area contributed by atoms with Crippen molar-refractivity contribution in [3.63, 3.8) is 0 Å². The van der Waals surface area contributed by atoms with Crippen LogP contribution < -0.4 is 5.32 Å². The molecule has 5 nitrogen and oxygen atoms in total. The molecule has 1 aromatic heterocycles. The Bertz CT molecular complexity index is 1270. The molecule has 4 aromatic rings. The molecule has 0 saturated carbocycles. The van der Waals surface area contributed by atoms with Crippen LogP contribution in [0.15, 0.2) is 76.4 Å². The number of aromatic nitrogens is 3. The highest BCUT2D eigenvalue weighted by Crippen LogP contribution is 2.29. The van der Waals surface area contributed by atoms with E-state index in [4.69, 9.17) is 11.6 Å². The molecule has 3 aromatic carbocycles. The van der Waals surface area contributed by atoms with Crippen LogP contribution in [0.1, 0.15) is 11.1 Å². The van der Waals surface area contributed by atoms with Gasteiger partial charge < -0.3 is 5.32 Å². The number of nitrogens with one attached hydrogen (secondary N) is 1. The van der Waals surface area contributed by atoms with Gasteiger partial charge in [-0.15, -0.1) is 10.2 Å². The predicted molar refractivity (Wildman–Crippen MR) is 135 cm³/mol. The summed E-state index contributed by atoms with van der Waals surface area (Å²) in [6.45, 7) is 4.02. The highest BCUT2D eigenvalue weighted by Gasteiger charge is 2.17. The van der Waals surface area contributed by atoms with Crippen LogP contribution in [0.5, 0.6) is 0 Å². The van der Waals surface area contributed by atoms with Gasteiger partial charge in [-0.3, -0.25) is 9.36 Å². The molecule has 0 saturated heterocycles. The normalized spacial score (nSPS) is 10.9. The first-order chi connectivity index (χ1) is 15.4. The molecular formula is C24H20BrClN4OS. The van der Waals surface area contributed by atoms with Crippen LogP contribution in [-0.2, 0) is 4.79 Å². The van der Waals surface area contributed by atoms with E-state index in [-0.39, 0.29) is 11.7 Å². The summed E-state index contributed by atoms with van der Waals surface area (Å²) in [5.41, 5.74) is 4.77. The molecule has 1 amide bonds. The molecule has 162 valence electrons. The summed E-state index contributed by atoms with van der Waals surface area (Å²) in [6, 6.07) is 21.3. The van der Waals surface area contributed by atoms with Crippen LogP contribution in [0.3, 0.4) is 0 Å². The monoisotopic (exact) mass is 526 g/mol. The molecule has 0 spiro atoms. The molecule has 0 atom stereocenters. The molecule has 1 heterocycles. The summed E-state index contributed by atoms with van der Waals surface area (Å²) in [5, 5.41) is 13.0. The smallest absolute Gasteiger partial charge is 0.234 e. The number of nitrogens with zero attached hydrogens (tertiary/aromatic N) is 3. The minimum Gasteiger partial charge on any atom is -0.325 e. The van der Waals surface area contributed by atoms with E-state index in [1.54, 1.807) is 0 Å². The SMILES string of the molecule is Cc1cccc(-n2c(SCC(=O)Nc3ccc(Br)c(C)c3)nnc2-c2ccc(Cl)cc2)c1. The number of hydrogen-bond acceptors (Lipinski definition) is 4. The van der Waals surface area contributed by atoms with Crippen LogP contribution in [0.25, 0.3) is 17.1 Å². The summed E-state index contributed by atoms with van der Waals surface area (Å²) in [6.07, 6.45) is 0. The molecule has 0 aliphatic heterocycles. The van der Waals surface area contributed by atoms with Gasteiger partial charge in [0.05, 0.1) is 5.75 Å². The van der Waals surface area contributed by atoms with Gasteiger partial charge in [-0.2, -0.15) is 0 Å². The van der Waals surface area contributed by atoms with Crippen molar-refractivity contribution in [2.45, 2.75) is 19.0 Å². The molecule has 1 N–H and O–H groups in total. The zero-order valence-electron chi connectivity index (χ0n) is 17.5. The number of carbonyl (C=O) groups is 1. The van der Waals surface area contributed by atoms with Gasteiger partial charge >= 0.3 is 0 Å². The maximum absolute atomic E-state index is 12.6. The Kier molecular flexibility index (Phi) is 6.98. The van der Waals surface area contributed by atoms with Crippen LogP contribution in [0.4, 0.5) is 5.69 Å². The standard InChI is InChI=1S/C24H20BrClN4OS/c1-15-4-3-5-20(12-15)30-23(17-6-8-18(26)9-7-17)28-29-24(30)32-14-22(31)27-19-10-11-21(25)16(2)13-19/h3-13H,14H2,1-2H3,(H,27,31). The van der Waals surface area contributed by atoms with E-state index in [9.17, 15) is 4.79 Å². The largest absolute Gasteiger partial charge is 0.325 e. The molecule has 0 radical (unpaired) electrons. The lowest BCUT2D eigenvalue weighted by molar-refractivity contribution is -0.113. The Labute approximate surface area is 204 Å². The van der Waals surface area contributed by atoms with E-state index in [1.165, 1.54) is 11.8 Å². The van der Waals surface area contributed by atoms with Crippen molar-refractivity contribution in [3.8, 4) is 17.1 Å². The fraction of sp³-hybridized carbons (Fsp3) is 0.125. The van der Waals surface area contributed by atoms with E-state index >= 15 is 0 Å². The van der Waals surface area contributed by atoms with Crippen molar-refractivity contribution in [1.82, 2.24) is 14.8 Å². The molecule has 0 fully saturated rings. The number of carbonyl (C=O) groups excluding carboxylic acids is 1. The van der Waals surface area contributed by atoms with E-state index in [0.29, 0.717) is 16.0 Å². The molecule has 32 heavy (non-hydrogen) atoms. The molecule has 0 aliphatic carbocycles. The maximum Gasteiger partial charge on any atom is 0.234 e. The predicted octanol–water partition coefficient (Wildman–Crippen LogP) is 6.70. The number of amides is 1. The number of thioether (sulfide) groups is 1. The lowest BCUT2D eigenvalue weighted by Gasteiger charge is -2.11. The van der Waals surface area contributed by atoms with Crippen molar-refractivity contribution in [3.05, 3.63) is 87.4 Å². The van der Waals surface area contributed by atoms with Crippen LogP contribution in [0.2, 0.25) is 5.02 Å². The van der Waals surface area contributed by atoms with Gasteiger partial charge in [0, 0.05) is 26.4 Å². The van der Waals surface area contributed by atoms with Crippen molar-refractivity contribution >= 4 is 50.9 Å². The third-order valence-corrected chi connectivity index (χ3v) is 6.84. The Morgan fingerprint density at radius 3 is 2.56 bits per heavy atom. The third-order valence-electron chi connectivity index (χ3n) is 4.77. The van der Waals surface area contributed by atoms with Crippen molar-refractivity contribution in [1.29, 1.82) is 0 Å². The van der Waals surface area contributed by atoms with Crippen LogP contribution in [0, 0.1) is 13.8 Å². The fourth-order valence-electron chi connectivity index (χ4n) is 3.20. The highest BCUT2D eigenvalue weighted by atomic mass is 79.9. The number of halogens is 2. The Balaban J connectivity index is 1.60. The molecular weight excluding hydrogens is 508 g/mol. The number of anilines is 1. The highest BCUT2D eigenvalue weighted by molar-refractivity contribution is 9.10. The summed E-state index contributed by atoms with van der Waals surface area (Å²) in [7, 11) is 0. The number of benzene rings is 3. The van der Waals surface area contributed by atoms with E-state index in [0.717, 1.165) is 32.5 Å². The lowest BCUT2D eigenvalue weighted by Crippen LogP contribution is -2.14. The quantitative estimate of drug-likeness (QED) is 0.284. The Morgan fingerprint density at radius 2 is 1.84 bits per heavy atom. The zero-order valence-corrected chi connectivity index (χ0v) is 20.6. The molecule has 0 bridgehead atoms. The topological polar surface area (TPSA) is 59.8 Å². The summed E-state index contributed by atoms with van der Waals surface area (Å²) < 4.78 is 2.98. The molecule has 8 heteroatoms. The number of aryl methyl sites for hydroxylation is 2. The van der Waals surface area contributed by atoms with Gasteiger partial charge in [0.15, 0.2) is 11.0 Å². The lowest BCUT2D eigenvalue weighted by atomic mass is 10.2. The average molecular weight is 528 g/mol. The average Bonchev–Trinajstić information content (AvgIpc) is 3.19. The summed E-state index contributed by atoms with van der Waals surface area (Å²) in [5.74, 6) is 0.793. The molecule has 4 rings (SSSR count). The van der Waals surface area contributed by atoms with Crippen LogP contribution >= 0.6 is 39.3 Å². The second-order valence-corrected chi connectivity index (χ2v) is 9.52. The van der Waals surface area contributed by atoms with E-state index < -0.39 is 0 Å². The fourth-order valence-corrected chi connectivity index (χ4v) is 4.32. The van der Waals surface area contributed by atoms with Gasteiger partial charge in [-0.1, -0.05) is 51.4 Å². The first-order valence-electron chi connectivity index (χ1n) is 9.88. The van der Waals surface area contributed by atoms with E-state index in [1.807, 2.05) is 79.1 Å². The minimum atomic E-state index is -0.108. The first-order valence-corrected chi connectivity index (χ1v) is 12.0. The summed E-state index contributed by atoms with van der Waals surface area (Å²) in [4.78, 5) is 12.6. The first kappa shape index (κ1) is 22.6. The molecule has 0 unspecified atom stereocenters. The number of hydrogen-bond donors (Lipinski definition) is 1. The Morgan fingerprint density at radius 1 is 1.06 bits per heavy atom. The van der Waals surface area contributed by atoms with Gasteiger partial charge in [-0.05, 0) is 79.6 Å².